The molecule has 1 heterocycles. The maximum atomic E-state index is 10.9. The summed E-state index contributed by atoms with van der Waals surface area (Å²) in [6.07, 6.45) is 3.60. The zero-order valence-corrected chi connectivity index (χ0v) is 15.9. The molecule has 0 saturated heterocycles. The van der Waals surface area contributed by atoms with Crippen molar-refractivity contribution < 1.29 is 4.92 Å². The van der Waals surface area contributed by atoms with Crippen molar-refractivity contribution in [1.82, 2.24) is 9.78 Å². The molecular weight excluding hydrogens is 388 g/mol. The molecule has 0 aliphatic carbocycles. The zero-order chi connectivity index (χ0) is 20.2. The molecule has 0 spiro atoms. The molecule has 0 bridgehead atoms. The summed E-state index contributed by atoms with van der Waals surface area (Å²) in [7, 11) is 0. The van der Waals surface area contributed by atoms with Crippen LogP contribution in [0.25, 0.3) is 16.9 Å². The van der Waals surface area contributed by atoms with Crippen molar-refractivity contribution in [3.05, 3.63) is 106 Å². The molecule has 0 aliphatic rings. The summed E-state index contributed by atoms with van der Waals surface area (Å²) in [5.74, 6) is 0. The number of nitro benzene ring substituents is 1. The summed E-state index contributed by atoms with van der Waals surface area (Å²) in [5, 5.41) is 16.2. The van der Waals surface area contributed by atoms with E-state index in [1.807, 2.05) is 48.7 Å². The number of aromatic nitrogens is 2. The fourth-order valence-corrected chi connectivity index (χ4v) is 2.96. The molecule has 0 saturated carbocycles. The Labute approximate surface area is 171 Å². The molecule has 142 valence electrons. The molecule has 0 aliphatic heterocycles. The van der Waals surface area contributed by atoms with Crippen LogP contribution in [-0.2, 0) is 0 Å². The van der Waals surface area contributed by atoms with E-state index in [2.05, 4.69) is 10.1 Å². The van der Waals surface area contributed by atoms with Crippen LogP contribution in [0.15, 0.2) is 90.1 Å². The van der Waals surface area contributed by atoms with Gasteiger partial charge in [-0.05, 0) is 36.4 Å². The number of benzene rings is 3. The highest BCUT2D eigenvalue weighted by Crippen LogP contribution is 2.24. The minimum Gasteiger partial charge on any atom is -0.258 e. The van der Waals surface area contributed by atoms with Crippen LogP contribution in [0.1, 0.15) is 5.56 Å². The monoisotopic (exact) mass is 402 g/mol. The van der Waals surface area contributed by atoms with E-state index in [0.717, 1.165) is 28.2 Å². The predicted molar refractivity (Wildman–Crippen MR) is 114 cm³/mol. The summed E-state index contributed by atoms with van der Waals surface area (Å²) in [6.45, 7) is 0. The van der Waals surface area contributed by atoms with Gasteiger partial charge in [0.1, 0.15) is 5.69 Å². The van der Waals surface area contributed by atoms with E-state index in [0.29, 0.717) is 5.02 Å². The van der Waals surface area contributed by atoms with Crippen LogP contribution in [-0.4, -0.2) is 20.9 Å². The van der Waals surface area contributed by atoms with Crippen molar-refractivity contribution in [3.8, 4) is 16.9 Å². The second kappa shape index (κ2) is 8.08. The van der Waals surface area contributed by atoms with Crippen LogP contribution in [0, 0.1) is 10.1 Å². The van der Waals surface area contributed by atoms with Crippen LogP contribution >= 0.6 is 11.6 Å². The molecule has 4 rings (SSSR count). The van der Waals surface area contributed by atoms with Gasteiger partial charge >= 0.3 is 0 Å². The first-order chi connectivity index (χ1) is 14.1. The number of halogens is 1. The maximum Gasteiger partial charge on any atom is 0.269 e. The number of non-ortho nitro benzene ring substituents is 1. The molecule has 4 aromatic rings. The van der Waals surface area contributed by atoms with E-state index in [-0.39, 0.29) is 5.69 Å². The second-order valence-corrected chi connectivity index (χ2v) is 6.69. The van der Waals surface area contributed by atoms with Gasteiger partial charge in [-0.25, -0.2) is 4.68 Å². The lowest BCUT2D eigenvalue weighted by Gasteiger charge is -2.00. The lowest BCUT2D eigenvalue weighted by atomic mass is 10.1. The molecule has 6 nitrogen and oxygen atoms in total. The number of hydrogen-bond acceptors (Lipinski definition) is 4. The van der Waals surface area contributed by atoms with Gasteiger partial charge in [-0.3, -0.25) is 15.1 Å². The highest BCUT2D eigenvalue weighted by Gasteiger charge is 2.12. The molecule has 29 heavy (non-hydrogen) atoms. The normalized spacial score (nSPS) is 11.1. The summed E-state index contributed by atoms with van der Waals surface area (Å²) >= 11 is 5.93. The number of nitrogens with zero attached hydrogens (tertiary/aromatic N) is 4. The summed E-state index contributed by atoms with van der Waals surface area (Å²) in [6, 6.07) is 23.3. The van der Waals surface area contributed by atoms with Gasteiger partial charge in [0, 0.05) is 40.7 Å². The lowest BCUT2D eigenvalue weighted by molar-refractivity contribution is -0.384. The Balaban J connectivity index is 1.74. The molecule has 0 fully saturated rings. The smallest absolute Gasteiger partial charge is 0.258 e. The van der Waals surface area contributed by atoms with E-state index in [1.165, 1.54) is 12.1 Å². The molecule has 0 radical (unpaired) electrons. The molecule has 3 aromatic carbocycles. The SMILES string of the molecule is O=[N+]([O-])c1ccc(-n2cc(C=Nc3ccc(Cl)cc3)c(-c3ccccc3)n2)cc1. The largest absolute Gasteiger partial charge is 0.269 e. The summed E-state index contributed by atoms with van der Waals surface area (Å²) in [5.41, 5.74) is 4.07. The second-order valence-electron chi connectivity index (χ2n) is 6.25. The van der Waals surface area contributed by atoms with Crippen LogP contribution in [0.4, 0.5) is 11.4 Å². The first-order valence-electron chi connectivity index (χ1n) is 8.80. The summed E-state index contributed by atoms with van der Waals surface area (Å²) in [4.78, 5) is 15.0. The average molecular weight is 403 g/mol. The van der Waals surface area contributed by atoms with Crippen LogP contribution in [0.5, 0.6) is 0 Å². The third kappa shape index (κ3) is 4.23. The topological polar surface area (TPSA) is 73.3 Å². The van der Waals surface area contributed by atoms with Gasteiger partial charge in [-0.15, -0.1) is 0 Å². The lowest BCUT2D eigenvalue weighted by Crippen LogP contribution is -1.95. The molecule has 0 unspecified atom stereocenters. The molecule has 0 atom stereocenters. The Morgan fingerprint density at radius 2 is 1.66 bits per heavy atom. The maximum absolute atomic E-state index is 10.9. The molecule has 0 N–H and O–H groups in total. The first-order valence-corrected chi connectivity index (χ1v) is 9.17. The van der Waals surface area contributed by atoms with Gasteiger partial charge in [-0.1, -0.05) is 41.9 Å². The van der Waals surface area contributed by atoms with Crippen LogP contribution in [0.2, 0.25) is 5.02 Å². The van der Waals surface area contributed by atoms with E-state index in [1.54, 1.807) is 35.2 Å². The zero-order valence-electron chi connectivity index (χ0n) is 15.1. The predicted octanol–water partition coefficient (Wildman–Crippen LogP) is 5.85. The number of nitro groups is 1. The van der Waals surface area contributed by atoms with Gasteiger partial charge in [0.05, 0.1) is 16.3 Å². The van der Waals surface area contributed by atoms with Crippen molar-refractivity contribution in [3.63, 3.8) is 0 Å². The standard InChI is InChI=1S/C22H15ClN4O2/c23-18-6-8-19(9-7-18)24-14-17-15-26(20-10-12-21(13-11-20)27(28)29)25-22(17)16-4-2-1-3-5-16/h1-15H. The Bertz CT molecular complexity index is 1170. The van der Waals surface area contributed by atoms with E-state index in [9.17, 15) is 10.1 Å². The number of hydrogen-bond donors (Lipinski definition) is 0. The number of aliphatic imine (C=N–C) groups is 1. The minimum absolute atomic E-state index is 0.0358. The fraction of sp³-hybridized carbons (Fsp3) is 0. The van der Waals surface area contributed by atoms with Gasteiger partial charge in [0.25, 0.3) is 5.69 Å². The van der Waals surface area contributed by atoms with Crippen molar-refractivity contribution in [2.45, 2.75) is 0 Å². The van der Waals surface area contributed by atoms with Crippen molar-refractivity contribution in [1.29, 1.82) is 0 Å². The van der Waals surface area contributed by atoms with Crippen LogP contribution < -0.4 is 0 Å². The van der Waals surface area contributed by atoms with Crippen molar-refractivity contribution in [2.75, 3.05) is 0 Å². The van der Waals surface area contributed by atoms with Gasteiger partial charge in [-0.2, -0.15) is 5.10 Å². The first kappa shape index (κ1) is 18.6. The number of rotatable bonds is 5. The van der Waals surface area contributed by atoms with E-state index in [4.69, 9.17) is 11.6 Å². The highest BCUT2D eigenvalue weighted by molar-refractivity contribution is 6.30. The van der Waals surface area contributed by atoms with Crippen LogP contribution in [0.3, 0.4) is 0 Å². The molecule has 7 heteroatoms. The highest BCUT2D eigenvalue weighted by atomic mass is 35.5. The third-order valence-corrected chi connectivity index (χ3v) is 4.55. The quantitative estimate of drug-likeness (QED) is 0.238. The summed E-state index contributed by atoms with van der Waals surface area (Å²) < 4.78 is 1.69. The Morgan fingerprint density at radius 3 is 2.31 bits per heavy atom. The Morgan fingerprint density at radius 1 is 0.966 bits per heavy atom. The molecule has 1 aromatic heterocycles. The van der Waals surface area contributed by atoms with Gasteiger partial charge < -0.3 is 0 Å². The van der Waals surface area contributed by atoms with E-state index >= 15 is 0 Å². The van der Waals surface area contributed by atoms with Crippen molar-refractivity contribution >= 4 is 29.2 Å². The van der Waals surface area contributed by atoms with Gasteiger partial charge in [0.2, 0.25) is 0 Å². The Kier molecular flexibility index (Phi) is 5.18. The van der Waals surface area contributed by atoms with E-state index < -0.39 is 4.92 Å². The van der Waals surface area contributed by atoms with Crippen molar-refractivity contribution in [2.24, 2.45) is 4.99 Å². The minimum atomic E-state index is -0.424. The third-order valence-electron chi connectivity index (χ3n) is 4.29. The molecular formula is C22H15ClN4O2. The average Bonchev–Trinajstić information content (AvgIpc) is 3.18. The fourth-order valence-electron chi connectivity index (χ4n) is 2.83. The Hall–Kier alpha value is -3.77. The molecule has 0 amide bonds. The van der Waals surface area contributed by atoms with Gasteiger partial charge in [0.15, 0.2) is 0 Å².